The number of nitrogens with zero attached hydrogens (tertiary/aromatic N) is 2. The fourth-order valence-corrected chi connectivity index (χ4v) is 1.87. The summed E-state index contributed by atoms with van der Waals surface area (Å²) in [5, 5.41) is 3.30. The van der Waals surface area contributed by atoms with Crippen LogP contribution in [0.1, 0.15) is 23.0 Å². The highest BCUT2D eigenvalue weighted by Gasteiger charge is 2.11. The predicted molar refractivity (Wildman–Crippen MR) is 68.7 cm³/mol. The number of aryl methyl sites for hydroxylation is 1. The Morgan fingerprint density at radius 2 is 2.12 bits per heavy atom. The number of hydrogen-bond acceptors (Lipinski definition) is 3. The van der Waals surface area contributed by atoms with Crippen LogP contribution < -0.4 is 5.32 Å². The largest absolute Gasteiger partial charge is 0.311 e. The number of rotatable bonds is 4. The van der Waals surface area contributed by atoms with Gasteiger partial charge in [-0.15, -0.1) is 0 Å². The lowest BCUT2D eigenvalue weighted by Crippen LogP contribution is -2.20. The van der Waals surface area contributed by atoms with E-state index in [9.17, 15) is 0 Å². The number of aromatic nitrogens is 2. The van der Waals surface area contributed by atoms with E-state index in [0.29, 0.717) is 0 Å². The van der Waals surface area contributed by atoms with Gasteiger partial charge in [0.05, 0.1) is 11.7 Å². The van der Waals surface area contributed by atoms with Crippen molar-refractivity contribution in [1.29, 1.82) is 0 Å². The molecule has 2 aromatic rings. The summed E-state index contributed by atoms with van der Waals surface area (Å²) in [6.07, 6.45) is 4.60. The average molecular weight is 227 g/mol. The molecule has 0 radical (unpaired) electrons. The van der Waals surface area contributed by atoms with E-state index in [1.54, 1.807) is 6.20 Å². The maximum atomic E-state index is 4.56. The Balaban J connectivity index is 2.17. The zero-order valence-electron chi connectivity index (χ0n) is 10.2. The third-order valence-electron chi connectivity index (χ3n) is 2.78. The molecule has 1 unspecified atom stereocenters. The van der Waals surface area contributed by atoms with Gasteiger partial charge in [0.25, 0.3) is 0 Å². The van der Waals surface area contributed by atoms with Gasteiger partial charge in [0.15, 0.2) is 0 Å². The summed E-state index contributed by atoms with van der Waals surface area (Å²) < 4.78 is 0. The summed E-state index contributed by atoms with van der Waals surface area (Å²) in [5.74, 6) is 0. The van der Waals surface area contributed by atoms with E-state index in [4.69, 9.17) is 0 Å². The normalized spacial score (nSPS) is 12.4. The van der Waals surface area contributed by atoms with E-state index in [1.165, 1.54) is 5.56 Å². The molecule has 0 fully saturated rings. The van der Waals surface area contributed by atoms with Crippen LogP contribution >= 0.6 is 0 Å². The molecule has 2 rings (SSSR count). The molecule has 17 heavy (non-hydrogen) atoms. The lowest BCUT2D eigenvalue weighted by atomic mass is 10.0. The fraction of sp³-hybridized carbons (Fsp3) is 0.286. The summed E-state index contributed by atoms with van der Waals surface area (Å²) in [6, 6.07) is 10.4. The Kier molecular flexibility index (Phi) is 3.83. The van der Waals surface area contributed by atoms with Gasteiger partial charge in [-0.3, -0.25) is 9.97 Å². The van der Waals surface area contributed by atoms with Crippen LogP contribution in [0.5, 0.6) is 0 Å². The van der Waals surface area contributed by atoms with Gasteiger partial charge >= 0.3 is 0 Å². The number of pyridine rings is 2. The van der Waals surface area contributed by atoms with Crippen molar-refractivity contribution >= 4 is 0 Å². The molecule has 0 amide bonds. The number of likely N-dealkylation sites (N-methyl/N-ethyl adjacent to an activating group) is 1. The Morgan fingerprint density at radius 1 is 1.24 bits per heavy atom. The first-order valence-electron chi connectivity index (χ1n) is 5.79. The first-order chi connectivity index (χ1) is 8.29. The zero-order chi connectivity index (χ0) is 12.1. The molecule has 1 N–H and O–H groups in total. The fourth-order valence-electron chi connectivity index (χ4n) is 1.87. The predicted octanol–water partition coefficient (Wildman–Crippen LogP) is 2.29. The van der Waals surface area contributed by atoms with Crippen molar-refractivity contribution in [2.24, 2.45) is 0 Å². The first-order valence-corrected chi connectivity index (χ1v) is 5.79. The van der Waals surface area contributed by atoms with E-state index >= 15 is 0 Å². The summed E-state index contributed by atoms with van der Waals surface area (Å²) in [4.78, 5) is 8.69. The van der Waals surface area contributed by atoms with E-state index in [1.807, 2.05) is 38.4 Å². The summed E-state index contributed by atoms with van der Waals surface area (Å²) >= 11 is 0. The highest BCUT2D eigenvalue weighted by atomic mass is 14.9. The zero-order valence-corrected chi connectivity index (χ0v) is 10.2. The number of hydrogen-bond donors (Lipinski definition) is 1. The Labute approximate surface area is 102 Å². The third kappa shape index (κ3) is 3.11. The van der Waals surface area contributed by atoms with Gasteiger partial charge in [-0.05, 0) is 44.2 Å². The molecule has 2 aromatic heterocycles. The molecule has 0 aliphatic rings. The van der Waals surface area contributed by atoms with Gasteiger partial charge in [-0.2, -0.15) is 0 Å². The monoisotopic (exact) mass is 227 g/mol. The van der Waals surface area contributed by atoms with Crippen LogP contribution in [0.25, 0.3) is 0 Å². The molecule has 0 spiro atoms. The molecule has 2 heterocycles. The lowest BCUT2D eigenvalue weighted by molar-refractivity contribution is 0.573. The molecule has 0 saturated heterocycles. The van der Waals surface area contributed by atoms with Crippen LogP contribution in [0.3, 0.4) is 0 Å². The minimum atomic E-state index is 0.235. The maximum Gasteiger partial charge on any atom is 0.0579 e. The highest BCUT2D eigenvalue weighted by molar-refractivity contribution is 5.18. The van der Waals surface area contributed by atoms with Crippen molar-refractivity contribution in [2.45, 2.75) is 19.4 Å². The summed E-state index contributed by atoms with van der Waals surface area (Å²) in [6.45, 7) is 2.01. The molecular formula is C14H17N3. The van der Waals surface area contributed by atoms with Crippen LogP contribution in [0.4, 0.5) is 0 Å². The maximum absolute atomic E-state index is 4.56. The molecular weight excluding hydrogens is 210 g/mol. The van der Waals surface area contributed by atoms with Gasteiger partial charge in [0, 0.05) is 18.1 Å². The van der Waals surface area contributed by atoms with Crippen LogP contribution in [0.15, 0.2) is 42.7 Å². The second-order valence-corrected chi connectivity index (χ2v) is 4.11. The van der Waals surface area contributed by atoms with Crippen molar-refractivity contribution in [2.75, 3.05) is 7.05 Å². The van der Waals surface area contributed by atoms with Crippen LogP contribution in [0, 0.1) is 6.92 Å². The molecule has 3 heteroatoms. The molecule has 1 atom stereocenters. The molecule has 0 bridgehead atoms. The van der Waals surface area contributed by atoms with Crippen molar-refractivity contribution in [3.63, 3.8) is 0 Å². The summed E-state index contributed by atoms with van der Waals surface area (Å²) in [5.41, 5.74) is 3.35. The SMILES string of the molecule is CNC(Cc1cccnc1)c1cccc(C)n1. The first kappa shape index (κ1) is 11.7. The van der Waals surface area contributed by atoms with Gasteiger partial charge in [0.1, 0.15) is 0 Å². The molecule has 88 valence electrons. The summed E-state index contributed by atoms with van der Waals surface area (Å²) in [7, 11) is 1.96. The molecule has 0 aliphatic heterocycles. The van der Waals surface area contributed by atoms with Crippen molar-refractivity contribution < 1.29 is 0 Å². The van der Waals surface area contributed by atoms with E-state index in [0.717, 1.165) is 17.8 Å². The third-order valence-corrected chi connectivity index (χ3v) is 2.78. The highest BCUT2D eigenvalue weighted by Crippen LogP contribution is 2.15. The van der Waals surface area contributed by atoms with Gasteiger partial charge in [-0.25, -0.2) is 0 Å². The van der Waals surface area contributed by atoms with Crippen LogP contribution in [0.2, 0.25) is 0 Å². The van der Waals surface area contributed by atoms with Crippen LogP contribution in [-0.4, -0.2) is 17.0 Å². The van der Waals surface area contributed by atoms with Crippen molar-refractivity contribution in [1.82, 2.24) is 15.3 Å². The lowest BCUT2D eigenvalue weighted by Gasteiger charge is -2.15. The molecule has 3 nitrogen and oxygen atoms in total. The van der Waals surface area contributed by atoms with Crippen LogP contribution in [-0.2, 0) is 6.42 Å². The second kappa shape index (κ2) is 5.55. The quantitative estimate of drug-likeness (QED) is 0.870. The smallest absolute Gasteiger partial charge is 0.0579 e. The minimum Gasteiger partial charge on any atom is -0.311 e. The van der Waals surface area contributed by atoms with Gasteiger partial charge < -0.3 is 5.32 Å². The molecule has 0 aliphatic carbocycles. The van der Waals surface area contributed by atoms with Gasteiger partial charge in [0.2, 0.25) is 0 Å². The van der Waals surface area contributed by atoms with E-state index in [-0.39, 0.29) is 6.04 Å². The topological polar surface area (TPSA) is 37.8 Å². The van der Waals surface area contributed by atoms with Crippen molar-refractivity contribution in [3.8, 4) is 0 Å². The Morgan fingerprint density at radius 3 is 2.76 bits per heavy atom. The standard InChI is InChI=1S/C14H17N3/c1-11-5-3-7-13(17-11)14(15-2)9-12-6-4-8-16-10-12/h3-8,10,14-15H,9H2,1-2H3. The van der Waals surface area contributed by atoms with Gasteiger partial charge in [-0.1, -0.05) is 12.1 Å². The van der Waals surface area contributed by atoms with Crippen molar-refractivity contribution in [3.05, 3.63) is 59.7 Å². The van der Waals surface area contributed by atoms with E-state index < -0.39 is 0 Å². The Hall–Kier alpha value is -1.74. The second-order valence-electron chi connectivity index (χ2n) is 4.11. The number of nitrogens with one attached hydrogen (secondary N) is 1. The average Bonchev–Trinajstić information content (AvgIpc) is 2.37. The molecule has 0 aromatic carbocycles. The molecule has 0 saturated carbocycles. The minimum absolute atomic E-state index is 0.235. The van der Waals surface area contributed by atoms with E-state index in [2.05, 4.69) is 27.4 Å². The Bertz CT molecular complexity index is 468.